The van der Waals surface area contributed by atoms with Gasteiger partial charge in [0.05, 0.1) is 25.2 Å². The fourth-order valence-corrected chi connectivity index (χ4v) is 4.26. The lowest BCUT2D eigenvalue weighted by atomic mass is 9.74. The number of carbonyl (C=O) groups is 1. The third-order valence-electron chi connectivity index (χ3n) is 5.36. The van der Waals surface area contributed by atoms with Crippen LogP contribution in [0.4, 0.5) is 0 Å². The van der Waals surface area contributed by atoms with Crippen LogP contribution in [-0.2, 0) is 4.79 Å². The van der Waals surface area contributed by atoms with Gasteiger partial charge in [-0.15, -0.1) is 0 Å². The molecule has 1 aromatic carbocycles. The Labute approximate surface area is 130 Å². The summed E-state index contributed by atoms with van der Waals surface area (Å²) in [6.07, 6.45) is 5.96. The van der Waals surface area contributed by atoms with Crippen LogP contribution in [0.5, 0.6) is 0 Å². The number of piperazine rings is 1. The van der Waals surface area contributed by atoms with Gasteiger partial charge >= 0.3 is 0 Å². The van der Waals surface area contributed by atoms with Gasteiger partial charge in [-0.2, -0.15) is 0 Å². The van der Waals surface area contributed by atoms with E-state index in [1.54, 1.807) is 0 Å². The summed E-state index contributed by atoms with van der Waals surface area (Å²) >= 11 is 0. The quantitative estimate of drug-likeness (QED) is 0.889. The van der Waals surface area contributed by atoms with Crippen molar-refractivity contribution >= 4 is 11.5 Å². The van der Waals surface area contributed by atoms with Crippen molar-refractivity contribution < 1.29 is 9.90 Å². The van der Waals surface area contributed by atoms with E-state index in [9.17, 15) is 9.90 Å². The van der Waals surface area contributed by atoms with E-state index in [-0.39, 0.29) is 30.5 Å². The number of aliphatic hydroxyl groups is 1. The molecule has 0 spiro atoms. The number of fused-ring (bicyclic) bond motifs is 1. The minimum atomic E-state index is -0.0591. The molecule has 116 valence electrons. The third-order valence-corrected chi connectivity index (χ3v) is 5.36. The van der Waals surface area contributed by atoms with E-state index in [0.717, 1.165) is 6.54 Å². The van der Waals surface area contributed by atoms with Crippen LogP contribution in [0.1, 0.15) is 36.3 Å². The Bertz CT molecular complexity index is 602. The minimum absolute atomic E-state index is 0.0415. The van der Waals surface area contributed by atoms with Crippen LogP contribution in [0, 0.1) is 0 Å². The van der Waals surface area contributed by atoms with Crippen LogP contribution in [0.3, 0.4) is 0 Å². The normalized spacial score (nSPS) is 30.8. The number of aliphatic hydroxyl groups excluding tert-OH is 1. The number of hydrogen-bond acceptors (Lipinski definition) is 3. The standard InChI is InChI=1S/C18H22N2O2/c21-11-16-18(15-9-19-10-17(22)20(15)16)14-7-5-13(6-8-14)12-3-1-2-4-12/h3,5-8,15-16,18-19,21H,1-2,4,9-11H2/t15-,16-,18+/m1/s1. The van der Waals surface area contributed by atoms with Crippen molar-refractivity contribution in [3.05, 3.63) is 41.5 Å². The SMILES string of the molecule is O=C1CNC[C@@H]2[C@H](c3ccc(C4=CCCC4)cc3)[C@@H](CO)N12. The molecule has 4 nitrogen and oxygen atoms in total. The van der Waals surface area contributed by atoms with Crippen molar-refractivity contribution in [2.75, 3.05) is 19.7 Å². The molecule has 0 radical (unpaired) electrons. The molecule has 22 heavy (non-hydrogen) atoms. The summed E-state index contributed by atoms with van der Waals surface area (Å²) in [4.78, 5) is 13.8. The van der Waals surface area contributed by atoms with Crippen molar-refractivity contribution in [3.63, 3.8) is 0 Å². The van der Waals surface area contributed by atoms with Gasteiger partial charge in [0.25, 0.3) is 0 Å². The van der Waals surface area contributed by atoms with Gasteiger partial charge < -0.3 is 15.3 Å². The first-order valence-corrected chi connectivity index (χ1v) is 8.21. The third kappa shape index (κ3) is 2.09. The average molecular weight is 298 g/mol. The number of rotatable bonds is 3. The van der Waals surface area contributed by atoms with Gasteiger partial charge in [0, 0.05) is 12.5 Å². The second-order valence-corrected chi connectivity index (χ2v) is 6.52. The Balaban J connectivity index is 1.57. The number of hydrogen-bond donors (Lipinski definition) is 2. The van der Waals surface area contributed by atoms with Crippen LogP contribution in [0.2, 0.25) is 0 Å². The molecule has 4 rings (SSSR count). The molecule has 2 saturated heterocycles. The Morgan fingerprint density at radius 2 is 2.09 bits per heavy atom. The molecule has 4 heteroatoms. The highest BCUT2D eigenvalue weighted by atomic mass is 16.3. The molecule has 2 N–H and O–H groups in total. The van der Waals surface area contributed by atoms with Crippen molar-refractivity contribution in [3.8, 4) is 0 Å². The number of amides is 1. The topological polar surface area (TPSA) is 52.6 Å². The van der Waals surface area contributed by atoms with E-state index >= 15 is 0 Å². The zero-order valence-electron chi connectivity index (χ0n) is 12.7. The number of allylic oxidation sites excluding steroid dienone is 2. The fraction of sp³-hybridized carbons (Fsp3) is 0.500. The lowest BCUT2D eigenvalue weighted by Gasteiger charge is -2.57. The van der Waals surface area contributed by atoms with E-state index in [0.29, 0.717) is 6.54 Å². The van der Waals surface area contributed by atoms with E-state index in [1.807, 2.05) is 4.90 Å². The zero-order chi connectivity index (χ0) is 15.1. The van der Waals surface area contributed by atoms with E-state index in [4.69, 9.17) is 0 Å². The van der Waals surface area contributed by atoms with Gasteiger partial charge in [-0.1, -0.05) is 30.3 Å². The molecule has 1 aromatic rings. The minimum Gasteiger partial charge on any atom is -0.394 e. The second kappa shape index (κ2) is 5.52. The lowest BCUT2D eigenvalue weighted by molar-refractivity contribution is -0.153. The predicted octanol–water partition coefficient (Wildman–Crippen LogP) is 1.51. The highest BCUT2D eigenvalue weighted by molar-refractivity contribution is 5.81. The molecule has 0 unspecified atom stereocenters. The maximum atomic E-state index is 12.0. The fourth-order valence-electron chi connectivity index (χ4n) is 4.26. The molecular weight excluding hydrogens is 276 g/mol. The molecular formula is C18H22N2O2. The van der Waals surface area contributed by atoms with Crippen LogP contribution >= 0.6 is 0 Å². The maximum Gasteiger partial charge on any atom is 0.237 e. The van der Waals surface area contributed by atoms with Gasteiger partial charge in [-0.3, -0.25) is 4.79 Å². The van der Waals surface area contributed by atoms with Crippen LogP contribution in [0.15, 0.2) is 30.3 Å². The smallest absolute Gasteiger partial charge is 0.237 e. The van der Waals surface area contributed by atoms with Crippen LogP contribution < -0.4 is 5.32 Å². The highest BCUT2D eigenvalue weighted by Crippen LogP contribution is 2.41. The summed E-state index contributed by atoms with van der Waals surface area (Å²) in [6.45, 7) is 1.26. The van der Waals surface area contributed by atoms with Crippen LogP contribution in [0.25, 0.3) is 5.57 Å². The first kappa shape index (κ1) is 14.0. The van der Waals surface area contributed by atoms with Gasteiger partial charge in [0.15, 0.2) is 0 Å². The molecule has 3 atom stereocenters. The molecule has 1 aliphatic carbocycles. The Morgan fingerprint density at radius 1 is 1.27 bits per heavy atom. The zero-order valence-corrected chi connectivity index (χ0v) is 12.7. The van der Waals surface area contributed by atoms with Crippen molar-refractivity contribution in [2.24, 2.45) is 0 Å². The summed E-state index contributed by atoms with van der Waals surface area (Å²) in [5, 5.41) is 12.9. The number of benzene rings is 1. The molecule has 2 aliphatic heterocycles. The van der Waals surface area contributed by atoms with E-state index < -0.39 is 0 Å². The Kier molecular flexibility index (Phi) is 3.51. The molecule has 0 aromatic heterocycles. The largest absolute Gasteiger partial charge is 0.394 e. The number of nitrogens with zero attached hydrogens (tertiary/aromatic N) is 1. The number of carbonyl (C=O) groups excluding carboxylic acids is 1. The average Bonchev–Trinajstić information content (AvgIpc) is 3.04. The molecule has 2 fully saturated rings. The summed E-state index contributed by atoms with van der Waals surface area (Å²) in [7, 11) is 0. The molecule has 0 bridgehead atoms. The van der Waals surface area contributed by atoms with Gasteiger partial charge in [-0.05, 0) is 36.0 Å². The highest BCUT2D eigenvalue weighted by Gasteiger charge is 2.52. The van der Waals surface area contributed by atoms with E-state index in [1.165, 1.54) is 36.0 Å². The summed E-state index contributed by atoms with van der Waals surface area (Å²) < 4.78 is 0. The molecule has 3 aliphatic rings. The first-order chi connectivity index (χ1) is 10.8. The second-order valence-electron chi connectivity index (χ2n) is 6.52. The predicted molar refractivity (Wildman–Crippen MR) is 85.4 cm³/mol. The van der Waals surface area contributed by atoms with Crippen molar-refractivity contribution in [1.82, 2.24) is 10.2 Å². The molecule has 0 saturated carbocycles. The Hall–Kier alpha value is -1.65. The lowest BCUT2D eigenvalue weighted by Crippen LogP contribution is -2.72. The van der Waals surface area contributed by atoms with E-state index in [2.05, 4.69) is 35.7 Å². The number of nitrogens with one attached hydrogen (secondary N) is 1. The van der Waals surface area contributed by atoms with Crippen LogP contribution in [-0.4, -0.2) is 47.7 Å². The molecule has 1 amide bonds. The Morgan fingerprint density at radius 3 is 2.77 bits per heavy atom. The molecule has 2 heterocycles. The summed E-state index contributed by atoms with van der Waals surface area (Å²) in [5.41, 5.74) is 4.00. The first-order valence-electron chi connectivity index (χ1n) is 8.21. The van der Waals surface area contributed by atoms with Gasteiger partial charge in [-0.25, -0.2) is 0 Å². The summed E-state index contributed by atoms with van der Waals surface area (Å²) in [6, 6.07) is 8.88. The van der Waals surface area contributed by atoms with Crippen molar-refractivity contribution in [1.29, 1.82) is 0 Å². The van der Waals surface area contributed by atoms with Crippen molar-refractivity contribution in [2.45, 2.75) is 37.3 Å². The van der Waals surface area contributed by atoms with Gasteiger partial charge in [0.1, 0.15) is 0 Å². The maximum absolute atomic E-state index is 12.0. The summed E-state index contributed by atoms with van der Waals surface area (Å²) in [5.74, 6) is 0.354. The van der Waals surface area contributed by atoms with Gasteiger partial charge in [0.2, 0.25) is 5.91 Å². The monoisotopic (exact) mass is 298 g/mol.